The zero-order valence-electron chi connectivity index (χ0n) is 15.6. The summed E-state index contributed by atoms with van der Waals surface area (Å²) in [5.74, 6) is -0.0295. The van der Waals surface area contributed by atoms with Crippen molar-refractivity contribution >= 4 is 38.3 Å². The fourth-order valence-electron chi connectivity index (χ4n) is 3.04. The first kappa shape index (κ1) is 20.5. The van der Waals surface area contributed by atoms with Crippen molar-refractivity contribution in [3.8, 4) is 0 Å². The number of amides is 2. The van der Waals surface area contributed by atoms with Gasteiger partial charge in [0.1, 0.15) is 5.76 Å². The first-order valence-electron chi connectivity index (χ1n) is 8.76. The standard InChI is InChI=1S/C17H22N4O5S2/c1-11-14(5-7-26-11)16(23)20-17-19-13(10-27-17)8-15(22)18-12-4-3-6-21(9-12)28(2,24)25/h5,7,10,12H,3-4,6,8-9H2,1-2H3,(H,18,22)(H,19,20,23). The van der Waals surface area contributed by atoms with Gasteiger partial charge in [-0.1, -0.05) is 0 Å². The van der Waals surface area contributed by atoms with Crippen molar-refractivity contribution in [2.45, 2.75) is 32.2 Å². The molecule has 0 spiro atoms. The lowest BCUT2D eigenvalue weighted by Crippen LogP contribution is -2.49. The molecule has 1 saturated heterocycles. The van der Waals surface area contributed by atoms with Gasteiger partial charge < -0.3 is 9.73 Å². The van der Waals surface area contributed by atoms with Crippen LogP contribution in [0.2, 0.25) is 0 Å². The highest BCUT2D eigenvalue weighted by Crippen LogP contribution is 2.19. The summed E-state index contributed by atoms with van der Waals surface area (Å²) in [5.41, 5.74) is 0.972. The molecular formula is C17H22N4O5S2. The third-order valence-corrected chi connectivity index (χ3v) is 6.51. The summed E-state index contributed by atoms with van der Waals surface area (Å²) in [6, 6.07) is 1.37. The lowest BCUT2D eigenvalue weighted by Gasteiger charge is -2.31. The third-order valence-electron chi connectivity index (χ3n) is 4.44. The number of hydrogen-bond donors (Lipinski definition) is 2. The highest BCUT2D eigenvalue weighted by atomic mass is 32.2. The zero-order valence-corrected chi connectivity index (χ0v) is 17.2. The van der Waals surface area contributed by atoms with Gasteiger partial charge >= 0.3 is 0 Å². The summed E-state index contributed by atoms with van der Waals surface area (Å²) >= 11 is 1.23. The van der Waals surface area contributed by atoms with Crippen molar-refractivity contribution in [3.05, 3.63) is 34.7 Å². The van der Waals surface area contributed by atoms with E-state index < -0.39 is 10.0 Å². The van der Waals surface area contributed by atoms with Crippen molar-refractivity contribution in [2.75, 3.05) is 24.7 Å². The summed E-state index contributed by atoms with van der Waals surface area (Å²) in [6.45, 7) is 2.46. The molecule has 0 radical (unpaired) electrons. The molecule has 0 bridgehead atoms. The van der Waals surface area contributed by atoms with E-state index in [0.29, 0.717) is 35.1 Å². The summed E-state index contributed by atoms with van der Waals surface area (Å²) in [7, 11) is -3.26. The Balaban J connectivity index is 1.52. The van der Waals surface area contributed by atoms with Gasteiger partial charge in [-0.3, -0.25) is 14.9 Å². The molecule has 0 saturated carbocycles. The maximum atomic E-state index is 12.3. The van der Waals surface area contributed by atoms with Crippen LogP contribution < -0.4 is 10.6 Å². The molecule has 0 aliphatic carbocycles. The number of piperidine rings is 1. The monoisotopic (exact) mass is 426 g/mol. The summed E-state index contributed by atoms with van der Waals surface area (Å²) in [6.07, 6.45) is 4.12. The van der Waals surface area contributed by atoms with Crippen LogP contribution in [0.15, 0.2) is 22.1 Å². The highest BCUT2D eigenvalue weighted by molar-refractivity contribution is 7.88. The molecule has 0 aromatic carbocycles. The zero-order chi connectivity index (χ0) is 20.3. The fourth-order valence-corrected chi connectivity index (χ4v) is 4.65. The first-order valence-corrected chi connectivity index (χ1v) is 11.5. The number of carbonyl (C=O) groups excluding carboxylic acids is 2. The van der Waals surface area contributed by atoms with E-state index in [1.54, 1.807) is 18.4 Å². The molecular weight excluding hydrogens is 404 g/mol. The minimum absolute atomic E-state index is 0.0620. The van der Waals surface area contributed by atoms with E-state index in [1.165, 1.54) is 28.2 Å². The Kier molecular flexibility index (Phi) is 6.16. The van der Waals surface area contributed by atoms with Gasteiger partial charge in [-0.05, 0) is 25.8 Å². The molecule has 1 fully saturated rings. The molecule has 3 rings (SSSR count). The van der Waals surface area contributed by atoms with Crippen LogP contribution in [0, 0.1) is 6.92 Å². The number of anilines is 1. The van der Waals surface area contributed by atoms with Crippen LogP contribution in [0.1, 0.15) is 34.7 Å². The molecule has 28 heavy (non-hydrogen) atoms. The lowest BCUT2D eigenvalue weighted by atomic mass is 10.1. The maximum absolute atomic E-state index is 12.3. The van der Waals surface area contributed by atoms with E-state index in [-0.39, 0.29) is 30.8 Å². The number of sulfonamides is 1. The second-order valence-corrected chi connectivity index (χ2v) is 9.53. The lowest BCUT2D eigenvalue weighted by molar-refractivity contribution is -0.121. The normalized spacial score (nSPS) is 18.0. The van der Waals surface area contributed by atoms with E-state index in [4.69, 9.17) is 4.42 Å². The van der Waals surface area contributed by atoms with Crippen LogP contribution >= 0.6 is 11.3 Å². The highest BCUT2D eigenvalue weighted by Gasteiger charge is 2.27. The topological polar surface area (TPSA) is 122 Å². The Labute approximate surface area is 167 Å². The average Bonchev–Trinajstić information content (AvgIpc) is 3.23. The van der Waals surface area contributed by atoms with Crippen molar-refractivity contribution in [3.63, 3.8) is 0 Å². The largest absolute Gasteiger partial charge is 0.469 e. The third kappa shape index (κ3) is 5.18. The smallest absolute Gasteiger partial charge is 0.260 e. The molecule has 9 nitrogen and oxygen atoms in total. The molecule has 152 valence electrons. The van der Waals surface area contributed by atoms with Gasteiger partial charge in [-0.15, -0.1) is 11.3 Å². The van der Waals surface area contributed by atoms with E-state index in [2.05, 4.69) is 15.6 Å². The molecule has 1 atom stereocenters. The Morgan fingerprint density at radius 1 is 1.43 bits per heavy atom. The van der Waals surface area contributed by atoms with Gasteiger partial charge in [-0.2, -0.15) is 0 Å². The molecule has 1 aliphatic heterocycles. The van der Waals surface area contributed by atoms with Gasteiger partial charge in [-0.25, -0.2) is 17.7 Å². The second kappa shape index (κ2) is 8.41. The Morgan fingerprint density at radius 3 is 2.89 bits per heavy atom. The van der Waals surface area contributed by atoms with Crippen molar-refractivity contribution < 1.29 is 22.4 Å². The quantitative estimate of drug-likeness (QED) is 0.720. The Hall–Kier alpha value is -2.24. The first-order chi connectivity index (χ1) is 13.2. The molecule has 3 heterocycles. The molecule has 11 heteroatoms. The van der Waals surface area contributed by atoms with Crippen LogP contribution in [0.5, 0.6) is 0 Å². The number of furan rings is 1. The fraction of sp³-hybridized carbons (Fsp3) is 0.471. The van der Waals surface area contributed by atoms with Gasteiger partial charge in [0.15, 0.2) is 5.13 Å². The van der Waals surface area contributed by atoms with E-state index >= 15 is 0 Å². The second-order valence-electron chi connectivity index (χ2n) is 6.69. The number of nitrogens with zero attached hydrogens (tertiary/aromatic N) is 2. The van der Waals surface area contributed by atoms with Crippen LogP contribution in [-0.2, 0) is 21.2 Å². The van der Waals surface area contributed by atoms with Crippen LogP contribution in [0.4, 0.5) is 5.13 Å². The molecule has 1 unspecified atom stereocenters. The summed E-state index contributed by atoms with van der Waals surface area (Å²) in [4.78, 5) is 28.7. The maximum Gasteiger partial charge on any atom is 0.260 e. The van der Waals surface area contributed by atoms with E-state index in [9.17, 15) is 18.0 Å². The number of nitrogens with one attached hydrogen (secondary N) is 2. The Morgan fingerprint density at radius 2 is 2.21 bits per heavy atom. The number of carbonyl (C=O) groups is 2. The SMILES string of the molecule is Cc1occc1C(=O)Nc1nc(CC(=O)NC2CCCN(S(C)(=O)=O)C2)cs1. The van der Waals surface area contributed by atoms with Gasteiger partial charge in [0, 0.05) is 24.5 Å². The number of aryl methyl sites for hydroxylation is 1. The number of rotatable bonds is 6. The number of aromatic nitrogens is 1. The van der Waals surface area contributed by atoms with Crippen molar-refractivity contribution in [1.82, 2.24) is 14.6 Å². The van der Waals surface area contributed by atoms with Crippen molar-refractivity contribution in [1.29, 1.82) is 0 Å². The minimum Gasteiger partial charge on any atom is -0.469 e. The predicted octanol–water partition coefficient (Wildman–Crippen LogP) is 1.38. The summed E-state index contributed by atoms with van der Waals surface area (Å²) in [5, 5.41) is 7.66. The van der Waals surface area contributed by atoms with E-state index in [0.717, 1.165) is 6.42 Å². The predicted molar refractivity (Wildman–Crippen MR) is 105 cm³/mol. The van der Waals surface area contributed by atoms with E-state index in [1.807, 2.05) is 0 Å². The molecule has 1 aliphatic rings. The number of thiazole rings is 1. The molecule has 2 N–H and O–H groups in total. The average molecular weight is 427 g/mol. The number of hydrogen-bond acceptors (Lipinski definition) is 7. The van der Waals surface area contributed by atoms with Gasteiger partial charge in [0.05, 0.1) is 30.2 Å². The minimum atomic E-state index is -3.26. The molecule has 2 amide bonds. The van der Waals surface area contributed by atoms with Crippen LogP contribution in [0.3, 0.4) is 0 Å². The Bertz CT molecular complexity index is 966. The summed E-state index contributed by atoms with van der Waals surface area (Å²) < 4.78 is 29.8. The van der Waals surface area contributed by atoms with Crippen LogP contribution in [-0.4, -0.2) is 54.9 Å². The molecule has 2 aromatic heterocycles. The van der Waals surface area contributed by atoms with Crippen LogP contribution in [0.25, 0.3) is 0 Å². The van der Waals surface area contributed by atoms with Gasteiger partial charge in [0.25, 0.3) is 5.91 Å². The van der Waals surface area contributed by atoms with Gasteiger partial charge in [0.2, 0.25) is 15.9 Å². The van der Waals surface area contributed by atoms with Crippen molar-refractivity contribution in [2.24, 2.45) is 0 Å². The molecule has 2 aromatic rings.